The van der Waals surface area contributed by atoms with Crippen LogP contribution in [0.3, 0.4) is 0 Å². The molecule has 2 heterocycles. The van der Waals surface area contributed by atoms with Crippen LogP contribution in [-0.4, -0.2) is 16.7 Å². The second-order valence-corrected chi connectivity index (χ2v) is 3.51. The van der Waals surface area contributed by atoms with E-state index in [4.69, 9.17) is 4.74 Å². The van der Waals surface area contributed by atoms with Crippen molar-refractivity contribution in [3.05, 3.63) is 41.9 Å². The van der Waals surface area contributed by atoms with E-state index in [2.05, 4.69) is 35.5 Å². The summed E-state index contributed by atoms with van der Waals surface area (Å²) in [5, 5.41) is 0. The van der Waals surface area contributed by atoms with Crippen molar-refractivity contribution < 1.29 is 4.74 Å². The summed E-state index contributed by atoms with van der Waals surface area (Å²) in [5.74, 6) is 0.640. The van der Waals surface area contributed by atoms with E-state index in [1.54, 1.807) is 7.11 Å². The number of methoxy groups -OCH3 is 1. The second kappa shape index (κ2) is 3.77. The molecule has 78 valence electrons. The molecule has 0 bridgehead atoms. The molecule has 0 saturated carbocycles. The lowest BCUT2D eigenvalue weighted by molar-refractivity contribution is 0.398. The van der Waals surface area contributed by atoms with Gasteiger partial charge in [0.25, 0.3) is 0 Å². The topological polar surface area (TPSA) is 27.1 Å². The van der Waals surface area contributed by atoms with E-state index >= 15 is 0 Å². The molecule has 0 aliphatic rings. The molecule has 15 heavy (non-hydrogen) atoms. The predicted molar refractivity (Wildman–Crippen MR) is 59.6 cm³/mol. The van der Waals surface area contributed by atoms with Crippen LogP contribution in [0, 0.1) is 13.8 Å². The molecule has 0 N–H and O–H groups in total. The highest BCUT2D eigenvalue weighted by Crippen LogP contribution is 2.16. The summed E-state index contributed by atoms with van der Waals surface area (Å²) in [4.78, 5) is 4.19. The van der Waals surface area contributed by atoms with Gasteiger partial charge in [0.05, 0.1) is 19.0 Å². The van der Waals surface area contributed by atoms with Gasteiger partial charge in [0.15, 0.2) is 0 Å². The monoisotopic (exact) mass is 202 g/mol. The zero-order valence-corrected chi connectivity index (χ0v) is 9.19. The minimum absolute atomic E-state index is 0.640. The SMILES string of the molecule is COc1ccc(-n2c(C)ccc2C)cn1. The van der Waals surface area contributed by atoms with Crippen LogP contribution in [0.1, 0.15) is 11.4 Å². The number of ether oxygens (including phenoxy) is 1. The zero-order chi connectivity index (χ0) is 10.8. The average molecular weight is 202 g/mol. The first-order valence-corrected chi connectivity index (χ1v) is 4.88. The van der Waals surface area contributed by atoms with Crippen molar-refractivity contribution in [2.24, 2.45) is 0 Å². The Hall–Kier alpha value is -1.77. The Morgan fingerprint density at radius 1 is 1.07 bits per heavy atom. The van der Waals surface area contributed by atoms with Crippen molar-refractivity contribution in [3.8, 4) is 11.6 Å². The number of rotatable bonds is 2. The fourth-order valence-electron chi connectivity index (χ4n) is 1.70. The number of hydrogen-bond acceptors (Lipinski definition) is 2. The molecule has 0 unspecified atom stereocenters. The van der Waals surface area contributed by atoms with Gasteiger partial charge in [-0.3, -0.25) is 0 Å². The van der Waals surface area contributed by atoms with Gasteiger partial charge in [0.1, 0.15) is 0 Å². The van der Waals surface area contributed by atoms with Gasteiger partial charge < -0.3 is 9.30 Å². The predicted octanol–water partition coefficient (Wildman–Crippen LogP) is 2.50. The van der Waals surface area contributed by atoms with Crippen molar-refractivity contribution in [2.45, 2.75) is 13.8 Å². The number of hydrogen-bond donors (Lipinski definition) is 0. The smallest absolute Gasteiger partial charge is 0.213 e. The quantitative estimate of drug-likeness (QED) is 0.748. The Kier molecular flexibility index (Phi) is 2.46. The van der Waals surface area contributed by atoms with Crippen molar-refractivity contribution in [1.29, 1.82) is 0 Å². The number of aromatic nitrogens is 2. The molecular weight excluding hydrogens is 188 g/mol. The van der Waals surface area contributed by atoms with Crippen molar-refractivity contribution in [2.75, 3.05) is 7.11 Å². The van der Waals surface area contributed by atoms with Gasteiger partial charge in [-0.15, -0.1) is 0 Å². The van der Waals surface area contributed by atoms with E-state index in [1.165, 1.54) is 11.4 Å². The van der Waals surface area contributed by atoms with Crippen LogP contribution in [0.15, 0.2) is 30.5 Å². The van der Waals surface area contributed by atoms with Gasteiger partial charge >= 0.3 is 0 Å². The summed E-state index contributed by atoms with van der Waals surface area (Å²) in [7, 11) is 1.62. The summed E-state index contributed by atoms with van der Waals surface area (Å²) in [6.45, 7) is 4.16. The third kappa shape index (κ3) is 1.73. The average Bonchev–Trinajstić information content (AvgIpc) is 2.59. The van der Waals surface area contributed by atoms with Gasteiger partial charge in [0, 0.05) is 17.5 Å². The molecule has 2 aromatic rings. The molecule has 3 heteroatoms. The van der Waals surface area contributed by atoms with E-state index in [1.807, 2.05) is 18.3 Å². The molecule has 0 saturated heterocycles. The maximum Gasteiger partial charge on any atom is 0.213 e. The third-order valence-corrected chi connectivity index (χ3v) is 2.46. The van der Waals surface area contributed by atoms with Crippen molar-refractivity contribution in [1.82, 2.24) is 9.55 Å². The van der Waals surface area contributed by atoms with E-state index in [0.29, 0.717) is 5.88 Å². The van der Waals surface area contributed by atoms with Crippen LogP contribution in [0.5, 0.6) is 5.88 Å². The lowest BCUT2D eigenvalue weighted by atomic mass is 10.3. The highest BCUT2D eigenvalue weighted by Gasteiger charge is 2.03. The Bertz CT molecular complexity index is 437. The molecule has 0 aliphatic carbocycles. The van der Waals surface area contributed by atoms with Gasteiger partial charge in [-0.1, -0.05) is 0 Å². The van der Waals surface area contributed by atoms with E-state index in [-0.39, 0.29) is 0 Å². The Labute approximate surface area is 89.3 Å². The molecule has 0 radical (unpaired) electrons. The van der Waals surface area contributed by atoms with Gasteiger partial charge in [-0.25, -0.2) is 4.98 Å². The molecule has 0 aromatic carbocycles. The molecule has 2 rings (SSSR count). The standard InChI is InChI=1S/C12H14N2O/c1-9-4-5-10(2)14(9)11-6-7-12(15-3)13-8-11/h4-8H,1-3H3. The lowest BCUT2D eigenvalue weighted by Gasteiger charge is -2.09. The first-order valence-electron chi connectivity index (χ1n) is 4.88. The van der Waals surface area contributed by atoms with Crippen LogP contribution in [0.4, 0.5) is 0 Å². The highest BCUT2D eigenvalue weighted by molar-refractivity contribution is 5.37. The Morgan fingerprint density at radius 2 is 1.73 bits per heavy atom. The summed E-state index contributed by atoms with van der Waals surface area (Å²) in [5.41, 5.74) is 3.48. The largest absolute Gasteiger partial charge is 0.481 e. The van der Waals surface area contributed by atoms with Crippen molar-refractivity contribution >= 4 is 0 Å². The molecule has 2 aromatic heterocycles. The van der Waals surface area contributed by atoms with Crippen LogP contribution in [0.2, 0.25) is 0 Å². The third-order valence-electron chi connectivity index (χ3n) is 2.46. The van der Waals surface area contributed by atoms with Crippen LogP contribution in [0.25, 0.3) is 5.69 Å². The first kappa shape index (κ1) is 9.77. The maximum atomic E-state index is 5.03. The normalized spacial score (nSPS) is 10.3. The highest BCUT2D eigenvalue weighted by atomic mass is 16.5. The fourth-order valence-corrected chi connectivity index (χ4v) is 1.70. The van der Waals surface area contributed by atoms with Crippen LogP contribution < -0.4 is 4.74 Å². The minimum atomic E-state index is 0.640. The molecule has 0 spiro atoms. The van der Waals surface area contributed by atoms with E-state index in [9.17, 15) is 0 Å². The van der Waals surface area contributed by atoms with Gasteiger partial charge in [-0.05, 0) is 32.0 Å². The first-order chi connectivity index (χ1) is 7.22. The summed E-state index contributed by atoms with van der Waals surface area (Å²) >= 11 is 0. The molecule has 0 atom stereocenters. The van der Waals surface area contributed by atoms with Gasteiger partial charge in [-0.2, -0.15) is 0 Å². The number of pyridine rings is 1. The number of aryl methyl sites for hydroxylation is 2. The zero-order valence-electron chi connectivity index (χ0n) is 9.19. The van der Waals surface area contributed by atoms with Gasteiger partial charge in [0.2, 0.25) is 5.88 Å². The fraction of sp³-hybridized carbons (Fsp3) is 0.250. The van der Waals surface area contributed by atoms with Crippen LogP contribution >= 0.6 is 0 Å². The van der Waals surface area contributed by atoms with E-state index in [0.717, 1.165) is 5.69 Å². The Balaban J connectivity index is 2.45. The van der Waals surface area contributed by atoms with E-state index < -0.39 is 0 Å². The molecule has 0 aliphatic heterocycles. The van der Waals surface area contributed by atoms with Crippen LogP contribution in [-0.2, 0) is 0 Å². The Morgan fingerprint density at radius 3 is 2.20 bits per heavy atom. The maximum absolute atomic E-state index is 5.03. The summed E-state index contributed by atoms with van der Waals surface area (Å²) in [6.07, 6.45) is 1.82. The summed E-state index contributed by atoms with van der Waals surface area (Å²) in [6, 6.07) is 8.07. The molecule has 3 nitrogen and oxygen atoms in total. The van der Waals surface area contributed by atoms with Crippen molar-refractivity contribution in [3.63, 3.8) is 0 Å². The minimum Gasteiger partial charge on any atom is -0.481 e. The second-order valence-electron chi connectivity index (χ2n) is 3.51. The number of nitrogens with zero attached hydrogens (tertiary/aromatic N) is 2. The lowest BCUT2D eigenvalue weighted by Crippen LogP contribution is -1.99. The summed E-state index contributed by atoms with van der Waals surface area (Å²) < 4.78 is 7.19. The molecule has 0 fully saturated rings. The molecule has 0 amide bonds. The molecular formula is C12H14N2O.